The smallest absolute Gasteiger partial charge is 0.0615 e. The van der Waals surface area contributed by atoms with E-state index in [2.05, 4.69) is 73.8 Å². The highest BCUT2D eigenvalue weighted by molar-refractivity contribution is 5.06. The van der Waals surface area contributed by atoms with Gasteiger partial charge in [0.05, 0.1) is 6.61 Å². The van der Waals surface area contributed by atoms with E-state index >= 15 is 0 Å². The van der Waals surface area contributed by atoms with Gasteiger partial charge in [-0.2, -0.15) is 0 Å². The average Bonchev–Trinajstić information content (AvgIpc) is 2.57. The predicted octanol–water partition coefficient (Wildman–Crippen LogP) is 6.23. The molecule has 0 atom stereocenters. The minimum Gasteiger partial charge on any atom is -0.392 e. The summed E-state index contributed by atoms with van der Waals surface area (Å²) in [5, 5.41) is 8.56. The summed E-state index contributed by atoms with van der Waals surface area (Å²) < 4.78 is 0. The number of allylic oxidation sites excluding steroid dienone is 13. The highest BCUT2D eigenvalue weighted by Crippen LogP contribution is 1.96. The number of aliphatic hydroxyl groups is 1. The molecule has 1 N–H and O–H groups in total. The zero-order valence-electron chi connectivity index (χ0n) is 14.5. The van der Waals surface area contributed by atoms with E-state index in [0.29, 0.717) is 0 Å². The van der Waals surface area contributed by atoms with E-state index in [1.165, 1.54) is 0 Å². The molecule has 1 nitrogen and oxygen atoms in total. The van der Waals surface area contributed by atoms with Gasteiger partial charge >= 0.3 is 0 Å². The molecule has 23 heavy (non-hydrogen) atoms. The second-order valence-corrected chi connectivity index (χ2v) is 4.98. The van der Waals surface area contributed by atoms with E-state index in [1.807, 2.05) is 12.2 Å². The standard InChI is InChI=1S/C22H32O/c1-2-3-4-5-6-7-8-9-10-11-12-13-14-15-16-17-18-19-20-21-22-23/h3-4,6-7,9-10,12-13,15-16,18-21,23H,2,5,8,11,14,17,22H2,1H3/b4-3-,7-6?,10-9?,13-12?,16-15-,19-18+,21-20+. The largest absolute Gasteiger partial charge is 0.392 e. The Bertz CT molecular complexity index is 431. The zero-order valence-corrected chi connectivity index (χ0v) is 14.5. The van der Waals surface area contributed by atoms with Crippen molar-refractivity contribution in [2.45, 2.75) is 45.4 Å². The Morgan fingerprint density at radius 2 is 0.826 bits per heavy atom. The molecule has 0 heterocycles. The van der Waals surface area contributed by atoms with E-state index in [-0.39, 0.29) is 6.61 Å². The molecule has 0 radical (unpaired) electrons. The van der Waals surface area contributed by atoms with Crippen molar-refractivity contribution in [3.05, 3.63) is 85.1 Å². The predicted molar refractivity (Wildman–Crippen MR) is 104 cm³/mol. The van der Waals surface area contributed by atoms with Gasteiger partial charge in [-0.1, -0.05) is 92.0 Å². The molecule has 0 bridgehead atoms. The van der Waals surface area contributed by atoms with Gasteiger partial charge in [-0.25, -0.2) is 0 Å². The SMILES string of the molecule is CC/C=C\CC=CCC=CCC=CC/C=C\C/C=C/C=C/CO. The van der Waals surface area contributed by atoms with Gasteiger partial charge in [0.15, 0.2) is 0 Å². The normalized spacial score (nSPS) is 13.7. The Morgan fingerprint density at radius 1 is 0.478 bits per heavy atom. The van der Waals surface area contributed by atoms with Crippen LogP contribution in [0.25, 0.3) is 0 Å². The van der Waals surface area contributed by atoms with Gasteiger partial charge in [-0.15, -0.1) is 0 Å². The first-order valence-corrected chi connectivity index (χ1v) is 8.59. The minimum absolute atomic E-state index is 0.103. The third kappa shape index (κ3) is 20.1. The lowest BCUT2D eigenvalue weighted by atomic mass is 10.2. The van der Waals surface area contributed by atoms with Crippen molar-refractivity contribution in [3.63, 3.8) is 0 Å². The van der Waals surface area contributed by atoms with E-state index < -0.39 is 0 Å². The van der Waals surface area contributed by atoms with Crippen molar-refractivity contribution in [1.29, 1.82) is 0 Å². The maximum absolute atomic E-state index is 8.56. The van der Waals surface area contributed by atoms with Crippen molar-refractivity contribution in [2.24, 2.45) is 0 Å². The summed E-state index contributed by atoms with van der Waals surface area (Å²) in [7, 11) is 0. The van der Waals surface area contributed by atoms with Gasteiger partial charge in [-0.3, -0.25) is 0 Å². The Balaban J connectivity index is 3.52. The molecule has 0 aliphatic carbocycles. The number of hydrogen-bond donors (Lipinski definition) is 1. The molecule has 0 saturated carbocycles. The fraction of sp³-hybridized carbons (Fsp3) is 0.364. The summed E-state index contributed by atoms with van der Waals surface area (Å²) in [5.74, 6) is 0. The van der Waals surface area contributed by atoms with Crippen LogP contribution in [0.5, 0.6) is 0 Å². The van der Waals surface area contributed by atoms with Crippen molar-refractivity contribution < 1.29 is 5.11 Å². The van der Waals surface area contributed by atoms with Crippen LogP contribution < -0.4 is 0 Å². The van der Waals surface area contributed by atoms with Crippen molar-refractivity contribution in [3.8, 4) is 0 Å². The third-order valence-corrected chi connectivity index (χ3v) is 2.92. The van der Waals surface area contributed by atoms with Gasteiger partial charge in [0.25, 0.3) is 0 Å². The molecular weight excluding hydrogens is 280 g/mol. The van der Waals surface area contributed by atoms with Crippen molar-refractivity contribution in [1.82, 2.24) is 0 Å². The quantitative estimate of drug-likeness (QED) is 0.315. The van der Waals surface area contributed by atoms with Crippen molar-refractivity contribution in [2.75, 3.05) is 6.61 Å². The topological polar surface area (TPSA) is 20.2 Å². The van der Waals surface area contributed by atoms with Crippen molar-refractivity contribution >= 4 is 0 Å². The molecule has 1 heteroatoms. The Hall–Kier alpha value is -1.86. The molecule has 0 aromatic carbocycles. The molecule has 0 fully saturated rings. The zero-order chi connectivity index (χ0) is 16.8. The fourth-order valence-corrected chi connectivity index (χ4v) is 1.72. The third-order valence-electron chi connectivity index (χ3n) is 2.92. The summed E-state index contributed by atoms with van der Waals surface area (Å²) in [4.78, 5) is 0. The monoisotopic (exact) mass is 312 g/mol. The molecule has 0 saturated heterocycles. The van der Waals surface area contributed by atoms with Crippen LogP contribution in [0.2, 0.25) is 0 Å². The molecule has 126 valence electrons. The highest BCUT2D eigenvalue weighted by atomic mass is 16.2. The molecule has 0 amide bonds. The molecular formula is C22H32O. The Labute approximate surface area is 142 Å². The average molecular weight is 312 g/mol. The van der Waals surface area contributed by atoms with Crippen LogP contribution in [0, 0.1) is 0 Å². The molecule has 0 aromatic heterocycles. The van der Waals surface area contributed by atoms with Gasteiger partial charge in [0.1, 0.15) is 0 Å². The maximum Gasteiger partial charge on any atom is 0.0615 e. The van der Waals surface area contributed by atoms with Gasteiger partial charge in [0, 0.05) is 0 Å². The van der Waals surface area contributed by atoms with Gasteiger partial charge in [-0.05, 0) is 38.5 Å². The van der Waals surface area contributed by atoms with E-state index in [0.717, 1.165) is 38.5 Å². The van der Waals surface area contributed by atoms with E-state index in [9.17, 15) is 0 Å². The van der Waals surface area contributed by atoms with Crippen LogP contribution in [0.3, 0.4) is 0 Å². The van der Waals surface area contributed by atoms with Crippen LogP contribution in [0.1, 0.15) is 45.4 Å². The van der Waals surface area contributed by atoms with Crippen LogP contribution in [0.15, 0.2) is 85.1 Å². The molecule has 0 aromatic rings. The number of rotatable bonds is 13. The summed E-state index contributed by atoms with van der Waals surface area (Å²) in [6.07, 6.45) is 35.7. The minimum atomic E-state index is 0.103. The highest BCUT2D eigenvalue weighted by Gasteiger charge is 1.75. The summed E-state index contributed by atoms with van der Waals surface area (Å²) in [6.45, 7) is 2.26. The first-order chi connectivity index (χ1) is 11.4. The Kier molecular flexibility index (Phi) is 18.5. The summed E-state index contributed by atoms with van der Waals surface area (Å²) in [6, 6.07) is 0. The second-order valence-electron chi connectivity index (χ2n) is 4.98. The number of aliphatic hydroxyl groups excluding tert-OH is 1. The lowest BCUT2D eigenvalue weighted by Gasteiger charge is -1.85. The second kappa shape index (κ2) is 20.1. The van der Waals surface area contributed by atoms with E-state index in [4.69, 9.17) is 5.11 Å². The molecule has 0 rings (SSSR count). The van der Waals surface area contributed by atoms with Crippen LogP contribution >= 0.6 is 0 Å². The lowest BCUT2D eigenvalue weighted by Crippen LogP contribution is -1.67. The summed E-state index contributed by atoms with van der Waals surface area (Å²) >= 11 is 0. The molecule has 0 aliphatic heterocycles. The first kappa shape index (κ1) is 21.1. The summed E-state index contributed by atoms with van der Waals surface area (Å²) in [5.41, 5.74) is 0. The molecule has 0 spiro atoms. The van der Waals surface area contributed by atoms with Crippen LogP contribution in [-0.4, -0.2) is 11.7 Å². The number of hydrogen-bond acceptors (Lipinski definition) is 1. The first-order valence-electron chi connectivity index (χ1n) is 8.59. The van der Waals surface area contributed by atoms with E-state index in [1.54, 1.807) is 6.08 Å². The van der Waals surface area contributed by atoms with Crippen LogP contribution in [-0.2, 0) is 0 Å². The molecule has 0 unspecified atom stereocenters. The van der Waals surface area contributed by atoms with Crippen LogP contribution in [0.4, 0.5) is 0 Å². The van der Waals surface area contributed by atoms with Gasteiger partial charge < -0.3 is 5.11 Å². The Morgan fingerprint density at radius 3 is 1.22 bits per heavy atom. The van der Waals surface area contributed by atoms with Gasteiger partial charge in [0.2, 0.25) is 0 Å². The lowest BCUT2D eigenvalue weighted by molar-refractivity contribution is 0.343. The maximum atomic E-state index is 8.56. The fourth-order valence-electron chi connectivity index (χ4n) is 1.72. The molecule has 0 aliphatic rings.